The summed E-state index contributed by atoms with van der Waals surface area (Å²) in [5.41, 5.74) is 5.99. The van der Waals surface area contributed by atoms with E-state index in [4.69, 9.17) is 23.7 Å². The van der Waals surface area contributed by atoms with E-state index in [1.807, 2.05) is 18.2 Å². The first-order valence-electron chi connectivity index (χ1n) is 11.9. The summed E-state index contributed by atoms with van der Waals surface area (Å²) in [6.07, 6.45) is 0.950. The molecule has 0 aromatic heterocycles. The van der Waals surface area contributed by atoms with Crippen molar-refractivity contribution in [1.29, 1.82) is 0 Å². The summed E-state index contributed by atoms with van der Waals surface area (Å²) in [5, 5.41) is 9.59. The minimum Gasteiger partial charge on any atom is -0.508 e. The number of hydrogen-bond acceptors (Lipinski definition) is 7. The molecule has 3 aliphatic heterocycles. The number of aromatic hydroxyl groups is 1. The van der Waals surface area contributed by atoms with Crippen LogP contribution in [0.15, 0.2) is 48.5 Å². The van der Waals surface area contributed by atoms with Crippen molar-refractivity contribution < 1.29 is 28.8 Å². The molecule has 0 aliphatic carbocycles. The molecular weight excluding hydrogens is 446 g/mol. The van der Waals surface area contributed by atoms with Crippen molar-refractivity contribution in [1.82, 2.24) is 4.90 Å². The molecule has 0 fully saturated rings. The second kappa shape index (κ2) is 8.98. The second-order valence-corrected chi connectivity index (χ2v) is 9.23. The lowest BCUT2D eigenvalue weighted by atomic mass is 9.76. The van der Waals surface area contributed by atoms with Crippen molar-refractivity contribution in [3.05, 3.63) is 76.3 Å². The molecule has 0 saturated carbocycles. The number of rotatable bonds is 6. The third-order valence-electron chi connectivity index (χ3n) is 7.34. The molecule has 35 heavy (non-hydrogen) atoms. The quantitative estimate of drug-likeness (QED) is 0.561. The molecule has 2 atom stereocenters. The van der Waals surface area contributed by atoms with Gasteiger partial charge in [-0.3, -0.25) is 4.90 Å². The summed E-state index contributed by atoms with van der Waals surface area (Å²) in [4.78, 5) is 2.52. The van der Waals surface area contributed by atoms with E-state index >= 15 is 0 Å². The van der Waals surface area contributed by atoms with E-state index in [0.29, 0.717) is 13.2 Å². The highest BCUT2D eigenvalue weighted by Crippen LogP contribution is 2.51. The van der Waals surface area contributed by atoms with E-state index in [1.54, 1.807) is 26.4 Å². The maximum absolute atomic E-state index is 9.59. The summed E-state index contributed by atoms with van der Waals surface area (Å²) in [6, 6.07) is 15.8. The van der Waals surface area contributed by atoms with Gasteiger partial charge in [0.2, 0.25) is 6.79 Å². The van der Waals surface area contributed by atoms with Crippen molar-refractivity contribution in [2.45, 2.75) is 31.5 Å². The first kappa shape index (κ1) is 22.1. The Labute approximate surface area is 204 Å². The van der Waals surface area contributed by atoms with Crippen molar-refractivity contribution in [2.24, 2.45) is 0 Å². The van der Waals surface area contributed by atoms with Gasteiger partial charge in [0.25, 0.3) is 0 Å². The van der Waals surface area contributed by atoms with Crippen LogP contribution < -0.4 is 18.9 Å². The minimum atomic E-state index is 0.0927. The molecule has 6 rings (SSSR count). The molecule has 1 N–H and O–H groups in total. The third-order valence-corrected chi connectivity index (χ3v) is 7.34. The molecule has 0 spiro atoms. The summed E-state index contributed by atoms with van der Waals surface area (Å²) in [6.45, 7) is 3.00. The molecule has 0 saturated heterocycles. The van der Waals surface area contributed by atoms with Crippen LogP contribution in [0.4, 0.5) is 0 Å². The Bertz CT molecular complexity index is 1240. The van der Waals surface area contributed by atoms with Gasteiger partial charge < -0.3 is 28.8 Å². The Kier molecular flexibility index (Phi) is 5.66. The van der Waals surface area contributed by atoms with Crippen LogP contribution in [0, 0.1) is 0 Å². The zero-order valence-electron chi connectivity index (χ0n) is 20.0. The van der Waals surface area contributed by atoms with Crippen LogP contribution in [0.1, 0.15) is 39.8 Å². The number of benzene rings is 3. The number of hydrogen-bond donors (Lipinski definition) is 1. The number of fused-ring (bicyclic) bond motifs is 5. The van der Waals surface area contributed by atoms with Crippen LogP contribution in [0.5, 0.6) is 28.7 Å². The van der Waals surface area contributed by atoms with Crippen LogP contribution in [0.3, 0.4) is 0 Å². The number of nitrogens with zero attached hydrogens (tertiary/aromatic N) is 1. The Balaban J connectivity index is 1.39. The predicted octanol–water partition coefficient (Wildman–Crippen LogP) is 4.55. The summed E-state index contributed by atoms with van der Waals surface area (Å²) in [7, 11) is 3.38. The van der Waals surface area contributed by atoms with Crippen LogP contribution in [-0.2, 0) is 24.3 Å². The monoisotopic (exact) mass is 475 g/mol. The van der Waals surface area contributed by atoms with Gasteiger partial charge in [-0.15, -0.1) is 0 Å². The first-order valence-corrected chi connectivity index (χ1v) is 11.9. The average Bonchev–Trinajstić information content (AvgIpc) is 3.34. The second-order valence-electron chi connectivity index (χ2n) is 9.23. The summed E-state index contributed by atoms with van der Waals surface area (Å²) < 4.78 is 29.1. The van der Waals surface area contributed by atoms with Crippen LogP contribution in [-0.4, -0.2) is 44.2 Å². The molecule has 3 heterocycles. The Morgan fingerprint density at radius 1 is 0.971 bits per heavy atom. The lowest BCUT2D eigenvalue weighted by Gasteiger charge is -2.46. The lowest BCUT2D eigenvalue weighted by molar-refractivity contribution is 0.0517. The van der Waals surface area contributed by atoms with Gasteiger partial charge in [-0.2, -0.15) is 0 Å². The van der Waals surface area contributed by atoms with Gasteiger partial charge in [0.05, 0.1) is 27.4 Å². The van der Waals surface area contributed by atoms with Gasteiger partial charge in [-0.05, 0) is 59.0 Å². The zero-order chi connectivity index (χ0) is 23.9. The number of phenols is 1. The van der Waals surface area contributed by atoms with Gasteiger partial charge >= 0.3 is 0 Å². The van der Waals surface area contributed by atoms with Crippen molar-refractivity contribution in [3.63, 3.8) is 0 Å². The van der Waals surface area contributed by atoms with Gasteiger partial charge in [0, 0.05) is 30.6 Å². The third kappa shape index (κ3) is 3.85. The molecule has 0 bridgehead atoms. The molecule has 3 aromatic carbocycles. The van der Waals surface area contributed by atoms with Crippen LogP contribution >= 0.6 is 0 Å². The number of methoxy groups -OCH3 is 2. The maximum atomic E-state index is 9.59. The van der Waals surface area contributed by atoms with Crippen LogP contribution in [0.25, 0.3) is 0 Å². The fourth-order valence-corrected chi connectivity index (χ4v) is 5.71. The topological polar surface area (TPSA) is 69.6 Å². The molecule has 7 nitrogen and oxygen atoms in total. The fourth-order valence-electron chi connectivity index (χ4n) is 5.71. The first-order chi connectivity index (χ1) is 17.2. The maximum Gasteiger partial charge on any atom is 0.231 e. The highest BCUT2D eigenvalue weighted by Gasteiger charge is 2.42. The van der Waals surface area contributed by atoms with E-state index in [2.05, 4.69) is 23.1 Å². The van der Waals surface area contributed by atoms with E-state index in [0.717, 1.165) is 53.6 Å². The normalized spacial score (nSPS) is 20.1. The zero-order valence-corrected chi connectivity index (χ0v) is 20.0. The van der Waals surface area contributed by atoms with Crippen molar-refractivity contribution in [3.8, 4) is 28.7 Å². The molecule has 0 amide bonds. The lowest BCUT2D eigenvalue weighted by Crippen LogP contribution is -2.43. The Hall–Kier alpha value is -3.42. The van der Waals surface area contributed by atoms with E-state index in [1.165, 1.54) is 16.7 Å². The molecule has 3 aromatic rings. The standard InChI is InChI=1S/C28H29NO6/c1-31-24-8-7-20-22(28(24)32-2)13-29-10-9-18-11-25-26(35-16-34-25)12-21(18)27(29)23(20)15-33-14-17-3-5-19(30)6-4-17/h3-8,11-12,23,27,30H,9-10,13-16H2,1-2H3. The van der Waals surface area contributed by atoms with E-state index in [9.17, 15) is 5.11 Å². The summed E-state index contributed by atoms with van der Waals surface area (Å²) >= 11 is 0. The summed E-state index contributed by atoms with van der Waals surface area (Å²) in [5.74, 6) is 3.53. The minimum absolute atomic E-state index is 0.0927. The molecule has 3 aliphatic rings. The Morgan fingerprint density at radius 3 is 2.54 bits per heavy atom. The number of phenolic OH excluding ortho intramolecular Hbond substituents is 1. The van der Waals surface area contributed by atoms with Crippen molar-refractivity contribution >= 4 is 0 Å². The Morgan fingerprint density at radius 2 is 1.77 bits per heavy atom. The molecule has 7 heteroatoms. The number of ether oxygens (including phenoxy) is 5. The molecule has 182 valence electrons. The van der Waals surface area contributed by atoms with Gasteiger partial charge in [0.15, 0.2) is 23.0 Å². The largest absolute Gasteiger partial charge is 0.508 e. The molecule has 0 radical (unpaired) electrons. The van der Waals surface area contributed by atoms with E-state index < -0.39 is 0 Å². The highest BCUT2D eigenvalue weighted by molar-refractivity contribution is 5.56. The van der Waals surface area contributed by atoms with Crippen molar-refractivity contribution in [2.75, 3.05) is 34.2 Å². The smallest absolute Gasteiger partial charge is 0.231 e. The van der Waals surface area contributed by atoms with Gasteiger partial charge in [-0.25, -0.2) is 0 Å². The van der Waals surface area contributed by atoms with Crippen LogP contribution in [0.2, 0.25) is 0 Å². The highest BCUT2D eigenvalue weighted by atomic mass is 16.7. The molecule has 2 unspecified atom stereocenters. The molecular formula is C28H29NO6. The SMILES string of the molecule is COc1ccc2c(c1OC)CN1CCc3cc4c(cc3C1C2COCc1ccc(O)cc1)OCO4. The predicted molar refractivity (Wildman–Crippen MR) is 129 cm³/mol. The van der Waals surface area contributed by atoms with Gasteiger partial charge in [0.1, 0.15) is 5.75 Å². The fraction of sp³-hybridized carbons (Fsp3) is 0.357. The van der Waals surface area contributed by atoms with E-state index in [-0.39, 0.29) is 24.5 Å². The van der Waals surface area contributed by atoms with Gasteiger partial charge in [-0.1, -0.05) is 18.2 Å². The average molecular weight is 476 g/mol.